The number of hydrogen-bond donors (Lipinski definition) is 2. The van der Waals surface area contributed by atoms with Crippen LogP contribution in [0.2, 0.25) is 0 Å². The summed E-state index contributed by atoms with van der Waals surface area (Å²) >= 11 is 1.81. The summed E-state index contributed by atoms with van der Waals surface area (Å²) in [7, 11) is 0. The van der Waals surface area contributed by atoms with E-state index < -0.39 is 0 Å². The van der Waals surface area contributed by atoms with E-state index in [9.17, 15) is 0 Å². The van der Waals surface area contributed by atoms with Crippen molar-refractivity contribution < 1.29 is 4.74 Å². The second kappa shape index (κ2) is 13.7. The van der Waals surface area contributed by atoms with Crippen LogP contribution in [0.5, 0.6) is 0 Å². The van der Waals surface area contributed by atoms with Gasteiger partial charge < -0.3 is 15.4 Å². The summed E-state index contributed by atoms with van der Waals surface area (Å²) in [5.41, 5.74) is 1.24. The summed E-state index contributed by atoms with van der Waals surface area (Å²) in [5, 5.41) is 7.96. The third-order valence-electron chi connectivity index (χ3n) is 4.25. The molecule has 1 fully saturated rings. The van der Waals surface area contributed by atoms with Crippen molar-refractivity contribution in [2.75, 3.05) is 52.5 Å². The van der Waals surface area contributed by atoms with Crippen LogP contribution in [0.25, 0.3) is 0 Å². The monoisotopic (exact) mass is 495 g/mol. The number of nitrogens with zero attached hydrogens (tertiary/aromatic N) is 3. The zero-order chi connectivity index (χ0) is 17.9. The highest BCUT2D eigenvalue weighted by molar-refractivity contribution is 14.0. The van der Waals surface area contributed by atoms with Gasteiger partial charge in [-0.25, -0.2) is 4.98 Å². The number of hydrogen-bond acceptors (Lipinski definition) is 5. The number of nitrogens with one attached hydrogen (secondary N) is 2. The molecule has 0 saturated carbocycles. The third-order valence-corrected chi connectivity index (χ3v) is 5.33. The molecular weight excluding hydrogens is 461 g/mol. The zero-order valence-corrected chi connectivity index (χ0v) is 19.5. The Morgan fingerprint density at radius 3 is 2.69 bits per heavy atom. The summed E-state index contributed by atoms with van der Waals surface area (Å²) in [6.07, 6.45) is 3.05. The Hall–Kier alpha value is -0.450. The lowest BCUT2D eigenvalue weighted by Crippen LogP contribution is -2.39. The molecule has 0 unspecified atom stereocenters. The van der Waals surface area contributed by atoms with Gasteiger partial charge in [0.2, 0.25) is 0 Å². The number of ether oxygens (including phenoxy) is 1. The van der Waals surface area contributed by atoms with E-state index >= 15 is 0 Å². The van der Waals surface area contributed by atoms with E-state index in [-0.39, 0.29) is 24.0 Å². The molecule has 1 aromatic heterocycles. The molecule has 1 aliphatic rings. The van der Waals surface area contributed by atoms with Crippen molar-refractivity contribution in [2.24, 2.45) is 4.99 Å². The number of aryl methyl sites for hydroxylation is 2. The molecule has 0 aromatic carbocycles. The minimum Gasteiger partial charge on any atom is -0.379 e. The molecule has 0 aliphatic carbocycles. The van der Waals surface area contributed by atoms with Gasteiger partial charge in [-0.1, -0.05) is 6.92 Å². The lowest BCUT2D eigenvalue weighted by molar-refractivity contribution is 0.0377. The Labute approximate surface area is 179 Å². The summed E-state index contributed by atoms with van der Waals surface area (Å²) in [5.74, 6) is 0.911. The van der Waals surface area contributed by atoms with Gasteiger partial charge in [0.05, 0.1) is 23.9 Å². The van der Waals surface area contributed by atoms with Gasteiger partial charge in [0.25, 0.3) is 0 Å². The van der Waals surface area contributed by atoms with Gasteiger partial charge in [-0.3, -0.25) is 9.89 Å². The van der Waals surface area contributed by atoms with Crippen LogP contribution in [-0.4, -0.2) is 68.3 Å². The van der Waals surface area contributed by atoms with E-state index in [1.54, 1.807) is 0 Å². The maximum absolute atomic E-state index is 5.38. The Morgan fingerprint density at radius 1 is 1.27 bits per heavy atom. The minimum absolute atomic E-state index is 0. The zero-order valence-electron chi connectivity index (χ0n) is 16.3. The van der Waals surface area contributed by atoms with Gasteiger partial charge in [-0.15, -0.1) is 35.3 Å². The standard InChI is InChI=1S/C18H33N5OS.HI/c1-4-16-15(3)25-17(22-16)7-9-21-18(19-5-2)20-8-6-10-23-11-13-24-14-12-23;/h4-14H2,1-3H3,(H2,19,20,21);1H. The Bertz CT molecular complexity index is 532. The number of aliphatic imine (C=N–C) groups is 1. The SMILES string of the molecule is CCNC(=NCCCN1CCOCC1)NCCc1nc(CC)c(C)s1.I. The number of guanidine groups is 1. The summed E-state index contributed by atoms with van der Waals surface area (Å²) < 4.78 is 5.38. The average molecular weight is 495 g/mol. The smallest absolute Gasteiger partial charge is 0.191 e. The fraction of sp³-hybridized carbons (Fsp3) is 0.778. The van der Waals surface area contributed by atoms with Crippen LogP contribution >= 0.6 is 35.3 Å². The number of thiazole rings is 1. The molecule has 150 valence electrons. The van der Waals surface area contributed by atoms with Gasteiger partial charge in [-0.05, 0) is 26.7 Å². The second-order valence-electron chi connectivity index (χ2n) is 6.21. The molecule has 2 rings (SSSR count). The van der Waals surface area contributed by atoms with Crippen molar-refractivity contribution in [3.8, 4) is 0 Å². The molecule has 26 heavy (non-hydrogen) atoms. The molecule has 1 saturated heterocycles. The van der Waals surface area contributed by atoms with Crippen molar-refractivity contribution in [1.29, 1.82) is 0 Å². The molecule has 2 N–H and O–H groups in total. The van der Waals surface area contributed by atoms with Crippen molar-refractivity contribution in [1.82, 2.24) is 20.5 Å². The van der Waals surface area contributed by atoms with E-state index in [0.717, 1.165) is 77.7 Å². The molecule has 0 atom stereocenters. The first-order valence-electron chi connectivity index (χ1n) is 9.50. The first kappa shape index (κ1) is 23.6. The van der Waals surface area contributed by atoms with E-state index in [4.69, 9.17) is 9.72 Å². The molecule has 8 heteroatoms. The maximum atomic E-state index is 5.38. The molecule has 0 bridgehead atoms. The van der Waals surface area contributed by atoms with E-state index in [2.05, 4.69) is 41.3 Å². The highest BCUT2D eigenvalue weighted by Crippen LogP contribution is 2.17. The van der Waals surface area contributed by atoms with Crippen LogP contribution in [0.4, 0.5) is 0 Å². The van der Waals surface area contributed by atoms with Crippen LogP contribution in [-0.2, 0) is 17.6 Å². The lowest BCUT2D eigenvalue weighted by Gasteiger charge is -2.26. The van der Waals surface area contributed by atoms with Gasteiger partial charge in [0.1, 0.15) is 0 Å². The Balaban J connectivity index is 0.00000338. The van der Waals surface area contributed by atoms with Crippen molar-refractivity contribution in [2.45, 2.75) is 40.0 Å². The molecule has 0 amide bonds. The molecule has 1 aromatic rings. The first-order valence-corrected chi connectivity index (χ1v) is 10.3. The second-order valence-corrected chi connectivity index (χ2v) is 7.50. The Kier molecular flexibility index (Phi) is 12.4. The predicted molar refractivity (Wildman–Crippen MR) is 121 cm³/mol. The highest BCUT2D eigenvalue weighted by Gasteiger charge is 2.09. The van der Waals surface area contributed by atoms with Crippen LogP contribution in [0.15, 0.2) is 4.99 Å². The quantitative estimate of drug-likeness (QED) is 0.239. The third kappa shape index (κ3) is 8.49. The molecule has 1 aliphatic heterocycles. The fourth-order valence-electron chi connectivity index (χ4n) is 2.86. The van der Waals surface area contributed by atoms with Gasteiger partial charge in [0.15, 0.2) is 5.96 Å². The molecule has 0 spiro atoms. The highest BCUT2D eigenvalue weighted by atomic mass is 127. The predicted octanol–water partition coefficient (Wildman–Crippen LogP) is 2.45. The van der Waals surface area contributed by atoms with Crippen LogP contribution in [0.1, 0.15) is 35.8 Å². The summed E-state index contributed by atoms with van der Waals surface area (Å²) in [6, 6.07) is 0. The Morgan fingerprint density at radius 2 is 2.04 bits per heavy atom. The van der Waals surface area contributed by atoms with E-state index in [1.807, 2.05) is 11.3 Å². The van der Waals surface area contributed by atoms with E-state index in [1.165, 1.54) is 15.6 Å². The summed E-state index contributed by atoms with van der Waals surface area (Å²) in [6.45, 7) is 14.0. The van der Waals surface area contributed by atoms with Crippen LogP contribution < -0.4 is 10.6 Å². The topological polar surface area (TPSA) is 61.8 Å². The van der Waals surface area contributed by atoms with Gasteiger partial charge in [0, 0.05) is 50.6 Å². The molecule has 2 heterocycles. The largest absolute Gasteiger partial charge is 0.379 e. The normalized spacial score (nSPS) is 15.6. The average Bonchev–Trinajstić information content (AvgIpc) is 2.99. The lowest BCUT2D eigenvalue weighted by atomic mass is 10.3. The van der Waals surface area contributed by atoms with Crippen molar-refractivity contribution >= 4 is 41.3 Å². The van der Waals surface area contributed by atoms with E-state index in [0.29, 0.717) is 0 Å². The first-order chi connectivity index (χ1) is 12.2. The molecular formula is C18H34IN5OS. The van der Waals surface area contributed by atoms with Crippen molar-refractivity contribution in [3.05, 3.63) is 15.6 Å². The fourth-order valence-corrected chi connectivity index (χ4v) is 3.88. The number of rotatable bonds is 9. The molecule has 6 nitrogen and oxygen atoms in total. The number of halogens is 1. The van der Waals surface area contributed by atoms with Gasteiger partial charge in [-0.2, -0.15) is 0 Å². The van der Waals surface area contributed by atoms with Crippen molar-refractivity contribution in [3.63, 3.8) is 0 Å². The minimum atomic E-state index is 0. The number of aromatic nitrogens is 1. The van der Waals surface area contributed by atoms with Crippen LogP contribution in [0, 0.1) is 6.92 Å². The van der Waals surface area contributed by atoms with Crippen LogP contribution in [0.3, 0.4) is 0 Å². The summed E-state index contributed by atoms with van der Waals surface area (Å²) in [4.78, 5) is 13.2. The molecule has 0 radical (unpaired) electrons. The van der Waals surface area contributed by atoms with Gasteiger partial charge >= 0.3 is 0 Å². The maximum Gasteiger partial charge on any atom is 0.191 e. The number of morpholine rings is 1.